The Labute approximate surface area is 152 Å². The van der Waals surface area contributed by atoms with Gasteiger partial charge in [0.25, 0.3) is 0 Å². The van der Waals surface area contributed by atoms with Crippen molar-refractivity contribution in [2.45, 2.75) is 24.7 Å². The van der Waals surface area contributed by atoms with Gasteiger partial charge in [-0.1, -0.05) is 25.1 Å². The first kappa shape index (κ1) is 19.5. The summed E-state index contributed by atoms with van der Waals surface area (Å²) >= 11 is 0. The van der Waals surface area contributed by atoms with E-state index in [2.05, 4.69) is 5.10 Å². The van der Waals surface area contributed by atoms with Gasteiger partial charge < -0.3 is 15.7 Å². The number of ether oxygens (including phenoxy) is 1. The highest BCUT2D eigenvalue weighted by molar-refractivity contribution is 7.90. The Morgan fingerprint density at radius 1 is 1.15 bits per heavy atom. The number of nitrogens with two attached hydrogens (primary N) is 1. The molecule has 0 bridgehead atoms. The van der Waals surface area contributed by atoms with E-state index in [0.29, 0.717) is 23.5 Å². The minimum absolute atomic E-state index is 0.0103. The number of carboxylic acids is 1. The number of nitrogens with zero attached hydrogens (tertiary/aromatic N) is 1. The number of hydrogen-bond acceptors (Lipinski definition) is 6. The smallest absolute Gasteiger partial charge is 0.352 e. The summed E-state index contributed by atoms with van der Waals surface area (Å²) in [6.45, 7) is 1.95. The van der Waals surface area contributed by atoms with Gasteiger partial charge in [-0.15, -0.1) is 0 Å². The van der Waals surface area contributed by atoms with Crippen molar-refractivity contribution in [2.75, 3.05) is 6.26 Å². The first-order chi connectivity index (χ1) is 12.3. The van der Waals surface area contributed by atoms with Gasteiger partial charge in [-0.2, -0.15) is 5.10 Å². The molecule has 0 fully saturated rings. The molecule has 2 aromatic carbocycles. The molecule has 0 unspecified atom stereocenters. The van der Waals surface area contributed by atoms with Crippen LogP contribution in [0, 0.1) is 0 Å². The van der Waals surface area contributed by atoms with Crippen molar-refractivity contribution in [1.29, 1.82) is 0 Å². The SMILES string of the molecule is CCc1cccc(CC(=NN)C(=O)O)c1Oc1ccc(S(C)(=O)=O)cc1. The third kappa shape index (κ3) is 4.60. The van der Waals surface area contributed by atoms with Crippen molar-refractivity contribution in [3.63, 3.8) is 0 Å². The summed E-state index contributed by atoms with van der Waals surface area (Å²) in [6.07, 6.45) is 1.82. The second kappa shape index (κ2) is 8.01. The van der Waals surface area contributed by atoms with Gasteiger partial charge in [-0.05, 0) is 36.2 Å². The van der Waals surface area contributed by atoms with Crippen LogP contribution in [0.1, 0.15) is 18.1 Å². The molecule has 138 valence electrons. The Hall–Kier alpha value is -2.87. The molecule has 3 N–H and O–H groups in total. The molecule has 0 amide bonds. The lowest BCUT2D eigenvalue weighted by molar-refractivity contribution is -0.129. The van der Waals surface area contributed by atoms with E-state index in [1.54, 1.807) is 18.2 Å². The van der Waals surface area contributed by atoms with Gasteiger partial charge in [-0.25, -0.2) is 13.2 Å². The number of benzene rings is 2. The zero-order chi connectivity index (χ0) is 19.3. The predicted molar refractivity (Wildman–Crippen MR) is 98.4 cm³/mol. The number of hydrazone groups is 1. The van der Waals surface area contributed by atoms with Crippen LogP contribution in [0.3, 0.4) is 0 Å². The maximum atomic E-state index is 11.6. The van der Waals surface area contributed by atoms with Crippen LogP contribution in [-0.2, 0) is 27.5 Å². The Balaban J connectivity index is 2.40. The number of hydrogen-bond donors (Lipinski definition) is 2. The lowest BCUT2D eigenvalue weighted by Gasteiger charge is -2.15. The molecule has 0 heterocycles. The van der Waals surface area contributed by atoms with Gasteiger partial charge in [0.05, 0.1) is 4.90 Å². The summed E-state index contributed by atoms with van der Waals surface area (Å²) in [7, 11) is -3.29. The Morgan fingerprint density at radius 2 is 1.77 bits per heavy atom. The van der Waals surface area contributed by atoms with Crippen LogP contribution < -0.4 is 10.6 Å². The zero-order valence-electron chi connectivity index (χ0n) is 14.5. The number of para-hydroxylation sites is 1. The quantitative estimate of drug-likeness (QED) is 0.435. The minimum Gasteiger partial charge on any atom is -0.477 e. The van der Waals surface area contributed by atoms with Crippen LogP contribution in [0.15, 0.2) is 52.5 Å². The maximum absolute atomic E-state index is 11.6. The first-order valence-electron chi connectivity index (χ1n) is 7.85. The molecule has 0 aliphatic rings. The summed E-state index contributed by atoms with van der Waals surface area (Å²) in [6, 6.07) is 11.5. The summed E-state index contributed by atoms with van der Waals surface area (Å²) in [5.74, 6) is 4.93. The minimum atomic E-state index is -3.29. The molecule has 0 spiro atoms. The summed E-state index contributed by atoms with van der Waals surface area (Å²) in [5.41, 5.74) is 1.33. The van der Waals surface area contributed by atoms with Crippen molar-refractivity contribution in [1.82, 2.24) is 0 Å². The zero-order valence-corrected chi connectivity index (χ0v) is 15.3. The van der Waals surface area contributed by atoms with Crippen LogP contribution in [0.25, 0.3) is 0 Å². The molecule has 0 aliphatic heterocycles. The Morgan fingerprint density at radius 3 is 2.27 bits per heavy atom. The Bertz CT molecular complexity index is 935. The van der Waals surface area contributed by atoms with E-state index in [1.165, 1.54) is 12.1 Å². The topological polar surface area (TPSA) is 119 Å². The monoisotopic (exact) mass is 376 g/mol. The van der Waals surface area contributed by atoms with E-state index in [-0.39, 0.29) is 17.0 Å². The number of sulfone groups is 1. The van der Waals surface area contributed by atoms with Crippen LogP contribution in [0.4, 0.5) is 0 Å². The first-order valence-corrected chi connectivity index (χ1v) is 9.74. The fraction of sp³-hybridized carbons (Fsp3) is 0.222. The molecule has 0 atom stereocenters. The van der Waals surface area contributed by atoms with Crippen LogP contribution in [0.5, 0.6) is 11.5 Å². The van der Waals surface area contributed by atoms with Crippen molar-refractivity contribution >= 4 is 21.5 Å². The van der Waals surface area contributed by atoms with Crippen molar-refractivity contribution < 1.29 is 23.1 Å². The van der Waals surface area contributed by atoms with E-state index >= 15 is 0 Å². The highest BCUT2D eigenvalue weighted by Crippen LogP contribution is 2.31. The molecule has 26 heavy (non-hydrogen) atoms. The fourth-order valence-corrected chi connectivity index (χ4v) is 3.05. The second-order valence-corrected chi connectivity index (χ2v) is 7.68. The molecule has 8 heteroatoms. The standard InChI is InChI=1S/C18H20N2O5S/c1-3-12-5-4-6-13(11-16(20-19)18(21)22)17(12)25-14-7-9-15(10-8-14)26(2,23)24/h4-10H,3,11,19H2,1-2H3,(H,21,22). The van der Waals surface area contributed by atoms with E-state index in [9.17, 15) is 13.2 Å². The normalized spacial score (nSPS) is 12.0. The summed E-state index contributed by atoms with van der Waals surface area (Å²) in [4.78, 5) is 11.4. The van der Waals surface area contributed by atoms with Gasteiger partial charge in [0.2, 0.25) is 0 Å². The molecule has 0 aliphatic carbocycles. The summed E-state index contributed by atoms with van der Waals surface area (Å²) < 4.78 is 29.0. The fourth-order valence-electron chi connectivity index (χ4n) is 2.42. The average Bonchev–Trinajstić information content (AvgIpc) is 2.60. The van der Waals surface area contributed by atoms with E-state index in [4.69, 9.17) is 15.7 Å². The van der Waals surface area contributed by atoms with Crippen LogP contribution >= 0.6 is 0 Å². The molecule has 0 aromatic heterocycles. The van der Waals surface area contributed by atoms with E-state index < -0.39 is 15.8 Å². The molecular formula is C18H20N2O5S. The van der Waals surface area contributed by atoms with Gasteiger partial charge in [0, 0.05) is 18.2 Å². The van der Waals surface area contributed by atoms with Gasteiger partial charge in [0.1, 0.15) is 17.2 Å². The molecule has 7 nitrogen and oxygen atoms in total. The van der Waals surface area contributed by atoms with Gasteiger partial charge >= 0.3 is 5.97 Å². The molecule has 2 rings (SSSR count). The molecular weight excluding hydrogens is 356 g/mol. The van der Waals surface area contributed by atoms with Crippen molar-refractivity contribution in [2.24, 2.45) is 10.9 Å². The highest BCUT2D eigenvalue weighted by Gasteiger charge is 2.17. The number of carbonyl (C=O) groups is 1. The third-order valence-electron chi connectivity index (χ3n) is 3.79. The Kier molecular flexibility index (Phi) is 5.99. The summed E-state index contributed by atoms with van der Waals surface area (Å²) in [5, 5.41) is 12.5. The average molecular weight is 376 g/mol. The predicted octanol–water partition coefficient (Wildman–Crippen LogP) is 2.39. The van der Waals surface area contributed by atoms with Crippen molar-refractivity contribution in [3.8, 4) is 11.5 Å². The highest BCUT2D eigenvalue weighted by atomic mass is 32.2. The third-order valence-corrected chi connectivity index (χ3v) is 4.92. The maximum Gasteiger partial charge on any atom is 0.352 e. The largest absolute Gasteiger partial charge is 0.477 e. The number of aliphatic carboxylic acids is 1. The molecule has 0 saturated carbocycles. The molecule has 0 radical (unpaired) electrons. The van der Waals surface area contributed by atoms with Crippen LogP contribution in [-0.4, -0.2) is 31.5 Å². The van der Waals surface area contributed by atoms with E-state index in [1.807, 2.05) is 19.1 Å². The molecule has 0 saturated heterocycles. The van der Waals surface area contributed by atoms with Crippen LogP contribution in [0.2, 0.25) is 0 Å². The number of rotatable bonds is 7. The molecule has 2 aromatic rings. The van der Waals surface area contributed by atoms with Gasteiger partial charge in [-0.3, -0.25) is 0 Å². The van der Waals surface area contributed by atoms with E-state index in [0.717, 1.165) is 11.8 Å². The number of aryl methyl sites for hydroxylation is 1. The van der Waals surface area contributed by atoms with Crippen molar-refractivity contribution in [3.05, 3.63) is 53.6 Å². The van der Waals surface area contributed by atoms with Gasteiger partial charge in [0.15, 0.2) is 9.84 Å². The number of carboxylic acid groups (broad SMARTS) is 1. The lowest BCUT2D eigenvalue weighted by atomic mass is 10.0. The lowest BCUT2D eigenvalue weighted by Crippen LogP contribution is -2.18. The second-order valence-electron chi connectivity index (χ2n) is 5.66.